The summed E-state index contributed by atoms with van der Waals surface area (Å²) in [6, 6.07) is 12.2. The van der Waals surface area contributed by atoms with Gasteiger partial charge in [-0.25, -0.2) is 8.78 Å². The van der Waals surface area contributed by atoms with Crippen molar-refractivity contribution in [3.63, 3.8) is 0 Å². The van der Waals surface area contributed by atoms with Crippen LogP contribution in [0.15, 0.2) is 42.5 Å². The van der Waals surface area contributed by atoms with Crippen LogP contribution in [-0.2, 0) is 13.0 Å². The highest BCUT2D eigenvalue weighted by Crippen LogP contribution is 2.41. The van der Waals surface area contributed by atoms with Gasteiger partial charge in [0.15, 0.2) is 0 Å². The third-order valence-corrected chi connectivity index (χ3v) is 3.90. The van der Waals surface area contributed by atoms with Crippen LogP contribution in [0.3, 0.4) is 0 Å². The predicted molar refractivity (Wildman–Crippen MR) is 80.2 cm³/mol. The zero-order valence-corrected chi connectivity index (χ0v) is 11.9. The van der Waals surface area contributed by atoms with Gasteiger partial charge in [0, 0.05) is 12.6 Å². The number of halogens is 2. The minimum absolute atomic E-state index is 0.510. The Bertz CT molecular complexity index is 600. The topological polar surface area (TPSA) is 12.0 Å². The van der Waals surface area contributed by atoms with Crippen LogP contribution < -0.4 is 5.32 Å². The summed E-state index contributed by atoms with van der Waals surface area (Å²) in [6.45, 7) is 1.52. The van der Waals surface area contributed by atoms with Gasteiger partial charge in [-0.1, -0.05) is 24.3 Å². The molecule has 0 radical (unpaired) electrons. The highest BCUT2D eigenvalue weighted by Gasteiger charge is 2.25. The van der Waals surface area contributed by atoms with Crippen molar-refractivity contribution in [3.8, 4) is 0 Å². The van der Waals surface area contributed by atoms with Gasteiger partial charge in [0.25, 0.3) is 0 Å². The summed E-state index contributed by atoms with van der Waals surface area (Å²) >= 11 is 0. The maximum Gasteiger partial charge on any atom is 0.126 e. The van der Waals surface area contributed by atoms with Gasteiger partial charge in [-0.2, -0.15) is 0 Å². The van der Waals surface area contributed by atoms with E-state index >= 15 is 0 Å². The monoisotopic (exact) mass is 287 g/mol. The summed E-state index contributed by atoms with van der Waals surface area (Å²) in [5.41, 5.74) is 3.47. The molecule has 110 valence electrons. The molecule has 3 rings (SSSR count). The van der Waals surface area contributed by atoms with Crippen molar-refractivity contribution >= 4 is 0 Å². The first-order valence-corrected chi connectivity index (χ1v) is 7.46. The molecule has 1 saturated carbocycles. The van der Waals surface area contributed by atoms with E-state index in [0.29, 0.717) is 18.5 Å². The van der Waals surface area contributed by atoms with Crippen LogP contribution in [0.2, 0.25) is 0 Å². The zero-order valence-electron chi connectivity index (χ0n) is 11.9. The molecule has 1 aliphatic carbocycles. The first kappa shape index (κ1) is 14.2. The van der Waals surface area contributed by atoms with Crippen molar-refractivity contribution < 1.29 is 8.78 Å². The van der Waals surface area contributed by atoms with E-state index in [4.69, 9.17) is 0 Å². The van der Waals surface area contributed by atoms with E-state index in [0.717, 1.165) is 18.5 Å². The molecule has 0 aromatic heterocycles. The first-order valence-electron chi connectivity index (χ1n) is 7.46. The SMILES string of the molecule is Fc1cc(F)cc(CCNCc2ccccc2C2CC2)c1. The second-order valence-corrected chi connectivity index (χ2v) is 5.68. The molecule has 0 aliphatic heterocycles. The van der Waals surface area contributed by atoms with Gasteiger partial charge in [0.1, 0.15) is 11.6 Å². The van der Waals surface area contributed by atoms with E-state index in [9.17, 15) is 8.78 Å². The second-order valence-electron chi connectivity index (χ2n) is 5.68. The zero-order chi connectivity index (χ0) is 14.7. The van der Waals surface area contributed by atoms with Crippen LogP contribution in [0.4, 0.5) is 8.78 Å². The highest BCUT2D eigenvalue weighted by molar-refractivity contribution is 5.33. The van der Waals surface area contributed by atoms with Gasteiger partial charge < -0.3 is 5.32 Å². The van der Waals surface area contributed by atoms with Gasteiger partial charge in [0.2, 0.25) is 0 Å². The van der Waals surface area contributed by atoms with Crippen molar-refractivity contribution in [2.24, 2.45) is 0 Å². The predicted octanol–water partition coefficient (Wildman–Crippen LogP) is 4.17. The quantitative estimate of drug-likeness (QED) is 0.786. The van der Waals surface area contributed by atoms with Crippen LogP contribution in [-0.4, -0.2) is 6.54 Å². The summed E-state index contributed by atoms with van der Waals surface area (Å²) in [6.07, 6.45) is 3.21. The lowest BCUT2D eigenvalue weighted by molar-refractivity contribution is 0.577. The highest BCUT2D eigenvalue weighted by atomic mass is 19.1. The molecule has 1 fully saturated rings. The number of nitrogens with one attached hydrogen (secondary N) is 1. The lowest BCUT2D eigenvalue weighted by atomic mass is 10.0. The fourth-order valence-corrected chi connectivity index (χ4v) is 2.70. The van der Waals surface area contributed by atoms with Crippen LogP contribution in [0, 0.1) is 11.6 Å². The molecule has 0 amide bonds. The van der Waals surface area contributed by atoms with Gasteiger partial charge in [-0.05, 0) is 60.5 Å². The van der Waals surface area contributed by atoms with Gasteiger partial charge >= 0.3 is 0 Å². The lowest BCUT2D eigenvalue weighted by Gasteiger charge is -2.10. The third kappa shape index (κ3) is 3.88. The Labute approximate surface area is 124 Å². The van der Waals surface area contributed by atoms with E-state index in [1.54, 1.807) is 0 Å². The van der Waals surface area contributed by atoms with Crippen molar-refractivity contribution in [1.82, 2.24) is 5.32 Å². The maximum atomic E-state index is 13.1. The smallest absolute Gasteiger partial charge is 0.126 e. The third-order valence-electron chi connectivity index (χ3n) is 3.90. The van der Waals surface area contributed by atoms with E-state index in [-0.39, 0.29) is 0 Å². The molecule has 0 heterocycles. The normalized spacial score (nSPS) is 14.4. The number of hydrogen-bond acceptors (Lipinski definition) is 1. The average Bonchev–Trinajstić information content (AvgIpc) is 3.27. The Balaban J connectivity index is 1.52. The molecular weight excluding hydrogens is 268 g/mol. The molecule has 0 spiro atoms. The van der Waals surface area contributed by atoms with Gasteiger partial charge in [-0.15, -0.1) is 0 Å². The molecule has 0 unspecified atom stereocenters. The van der Waals surface area contributed by atoms with E-state index < -0.39 is 11.6 Å². The van der Waals surface area contributed by atoms with Gasteiger partial charge in [-0.3, -0.25) is 0 Å². The van der Waals surface area contributed by atoms with Crippen molar-refractivity contribution in [3.05, 3.63) is 70.8 Å². The number of benzene rings is 2. The molecule has 2 aromatic rings. The van der Waals surface area contributed by atoms with E-state index in [2.05, 4.69) is 29.6 Å². The second kappa shape index (κ2) is 6.35. The van der Waals surface area contributed by atoms with Crippen molar-refractivity contribution in [2.45, 2.75) is 31.7 Å². The summed E-state index contributed by atoms with van der Waals surface area (Å²) in [7, 11) is 0. The first-order chi connectivity index (χ1) is 10.2. The largest absolute Gasteiger partial charge is 0.312 e. The van der Waals surface area contributed by atoms with Crippen LogP contribution in [0.5, 0.6) is 0 Å². The average molecular weight is 287 g/mol. The summed E-state index contributed by atoms with van der Waals surface area (Å²) < 4.78 is 26.2. The Morgan fingerprint density at radius 3 is 2.43 bits per heavy atom. The molecule has 1 nitrogen and oxygen atoms in total. The molecular formula is C18H19F2N. The van der Waals surface area contributed by atoms with E-state index in [1.165, 1.54) is 36.1 Å². The summed E-state index contributed by atoms with van der Waals surface area (Å²) in [5, 5.41) is 3.37. The van der Waals surface area contributed by atoms with E-state index in [1.807, 2.05) is 0 Å². The molecule has 3 heteroatoms. The Morgan fingerprint density at radius 2 is 1.71 bits per heavy atom. The molecule has 0 atom stereocenters. The minimum atomic E-state index is -0.510. The van der Waals surface area contributed by atoms with Gasteiger partial charge in [0.05, 0.1) is 0 Å². The van der Waals surface area contributed by atoms with Crippen molar-refractivity contribution in [2.75, 3.05) is 6.54 Å². The number of hydrogen-bond donors (Lipinski definition) is 1. The van der Waals surface area contributed by atoms with Crippen LogP contribution >= 0.6 is 0 Å². The minimum Gasteiger partial charge on any atom is -0.312 e. The van der Waals surface area contributed by atoms with Crippen molar-refractivity contribution in [1.29, 1.82) is 0 Å². The molecule has 21 heavy (non-hydrogen) atoms. The molecule has 0 bridgehead atoms. The summed E-state index contributed by atoms with van der Waals surface area (Å²) in [5.74, 6) is -0.284. The molecule has 1 N–H and O–H groups in total. The molecule has 2 aromatic carbocycles. The summed E-state index contributed by atoms with van der Waals surface area (Å²) in [4.78, 5) is 0. The van der Waals surface area contributed by atoms with Crippen LogP contribution in [0.25, 0.3) is 0 Å². The lowest BCUT2D eigenvalue weighted by Crippen LogP contribution is -2.17. The standard InChI is InChI=1S/C18H19F2N/c19-16-9-13(10-17(20)11-16)7-8-21-12-15-3-1-2-4-18(15)14-5-6-14/h1-4,9-11,14,21H,5-8,12H2. The maximum absolute atomic E-state index is 13.1. The Hall–Kier alpha value is -1.74. The van der Waals surface area contributed by atoms with Crippen LogP contribution in [0.1, 0.15) is 35.4 Å². The molecule has 1 aliphatic rings. The Morgan fingerprint density at radius 1 is 1.00 bits per heavy atom. The number of rotatable bonds is 6. The Kier molecular flexibility index (Phi) is 4.30. The fourth-order valence-electron chi connectivity index (χ4n) is 2.70. The fraction of sp³-hybridized carbons (Fsp3) is 0.333. The molecule has 0 saturated heterocycles.